The lowest BCUT2D eigenvalue weighted by Crippen LogP contribution is -2.42. The molecule has 6 heteroatoms. The van der Waals surface area contributed by atoms with Gasteiger partial charge in [0.05, 0.1) is 6.04 Å². The fourth-order valence-corrected chi connectivity index (χ4v) is 2.23. The van der Waals surface area contributed by atoms with Crippen LogP contribution in [0, 0.1) is 11.6 Å². The molecule has 3 nitrogen and oxygen atoms in total. The van der Waals surface area contributed by atoms with Gasteiger partial charge in [-0.15, -0.1) is 12.4 Å². The van der Waals surface area contributed by atoms with Gasteiger partial charge in [-0.05, 0) is 29.7 Å². The summed E-state index contributed by atoms with van der Waals surface area (Å²) in [6.07, 6.45) is 0.432. The number of nitrogens with zero attached hydrogens (tertiary/aromatic N) is 1. The molecule has 0 aromatic heterocycles. The van der Waals surface area contributed by atoms with E-state index in [0.29, 0.717) is 12.0 Å². The molecule has 2 rings (SSSR count). The van der Waals surface area contributed by atoms with Gasteiger partial charge in [0.15, 0.2) is 11.6 Å². The third-order valence-electron chi connectivity index (χ3n) is 3.40. The summed E-state index contributed by atoms with van der Waals surface area (Å²) in [6.45, 7) is 0.179. The topological polar surface area (TPSA) is 46.3 Å². The second-order valence-electron chi connectivity index (χ2n) is 5.24. The first kappa shape index (κ1) is 19.1. The third kappa shape index (κ3) is 5.30. The fourth-order valence-electron chi connectivity index (χ4n) is 2.23. The van der Waals surface area contributed by atoms with Crippen LogP contribution < -0.4 is 5.73 Å². The average Bonchev–Trinajstić information content (AvgIpc) is 2.51. The lowest BCUT2D eigenvalue weighted by Gasteiger charge is -2.21. The van der Waals surface area contributed by atoms with Crippen molar-refractivity contribution in [1.82, 2.24) is 4.90 Å². The number of amides is 1. The average molecular weight is 341 g/mol. The number of rotatable bonds is 5. The van der Waals surface area contributed by atoms with E-state index in [1.165, 1.54) is 11.0 Å². The SMILES string of the molecule is CN(Cc1ccc(F)c(F)c1)C(=O)[C@@H](N)Cc1ccccc1.Cl. The second-order valence-corrected chi connectivity index (χ2v) is 5.24. The Morgan fingerprint density at radius 1 is 1.09 bits per heavy atom. The van der Waals surface area contributed by atoms with E-state index in [2.05, 4.69) is 0 Å². The molecule has 0 aliphatic heterocycles. The highest BCUT2D eigenvalue weighted by Crippen LogP contribution is 2.11. The standard InChI is InChI=1S/C17H18F2N2O.ClH/c1-21(11-13-7-8-14(18)15(19)9-13)17(22)16(20)10-12-5-3-2-4-6-12;/h2-9,16H,10-11,20H2,1H3;1H/t16-;/m0./s1. The predicted molar refractivity (Wildman–Crippen MR) is 88.2 cm³/mol. The molecule has 0 bridgehead atoms. The minimum atomic E-state index is -0.924. The Kier molecular flexibility index (Phi) is 7.13. The predicted octanol–water partition coefficient (Wildman–Crippen LogP) is 2.92. The Hall–Kier alpha value is -1.98. The molecule has 23 heavy (non-hydrogen) atoms. The lowest BCUT2D eigenvalue weighted by atomic mass is 10.1. The molecule has 0 saturated carbocycles. The first-order chi connectivity index (χ1) is 10.5. The van der Waals surface area contributed by atoms with E-state index in [4.69, 9.17) is 5.73 Å². The minimum absolute atomic E-state index is 0. The summed E-state index contributed by atoms with van der Waals surface area (Å²) in [5.41, 5.74) is 7.42. The molecule has 0 unspecified atom stereocenters. The van der Waals surface area contributed by atoms with Gasteiger partial charge in [0.25, 0.3) is 0 Å². The molecule has 0 aliphatic rings. The molecule has 0 radical (unpaired) electrons. The molecule has 1 atom stereocenters. The van der Waals surface area contributed by atoms with Crippen molar-refractivity contribution in [3.63, 3.8) is 0 Å². The molecular weight excluding hydrogens is 322 g/mol. The van der Waals surface area contributed by atoms with E-state index in [1.54, 1.807) is 7.05 Å². The van der Waals surface area contributed by atoms with Crippen LogP contribution in [0.5, 0.6) is 0 Å². The summed E-state index contributed by atoms with van der Waals surface area (Å²) in [5, 5.41) is 0. The van der Waals surface area contributed by atoms with Crippen LogP contribution in [-0.4, -0.2) is 23.9 Å². The monoisotopic (exact) mass is 340 g/mol. The first-order valence-corrected chi connectivity index (χ1v) is 6.96. The Morgan fingerprint density at radius 3 is 2.35 bits per heavy atom. The van der Waals surface area contributed by atoms with Gasteiger partial charge < -0.3 is 10.6 Å². The van der Waals surface area contributed by atoms with Crippen LogP contribution in [0.2, 0.25) is 0 Å². The van der Waals surface area contributed by atoms with E-state index < -0.39 is 17.7 Å². The number of nitrogens with two attached hydrogens (primary N) is 1. The highest BCUT2D eigenvalue weighted by molar-refractivity contribution is 5.85. The number of likely N-dealkylation sites (N-methyl/N-ethyl adjacent to an activating group) is 1. The van der Waals surface area contributed by atoms with Gasteiger partial charge >= 0.3 is 0 Å². The largest absolute Gasteiger partial charge is 0.340 e. The Balaban J connectivity index is 0.00000264. The lowest BCUT2D eigenvalue weighted by molar-refractivity contribution is -0.131. The molecule has 1 amide bonds. The molecule has 0 saturated heterocycles. The zero-order valence-electron chi connectivity index (χ0n) is 12.7. The third-order valence-corrected chi connectivity index (χ3v) is 3.40. The van der Waals surface area contributed by atoms with Crippen LogP contribution in [0.4, 0.5) is 8.78 Å². The Labute approximate surface area is 140 Å². The number of benzene rings is 2. The fraction of sp³-hybridized carbons (Fsp3) is 0.235. The number of halogens is 3. The molecule has 0 fully saturated rings. The van der Waals surface area contributed by atoms with E-state index >= 15 is 0 Å². The molecule has 2 aromatic rings. The van der Waals surface area contributed by atoms with Crippen LogP contribution in [0.25, 0.3) is 0 Å². The van der Waals surface area contributed by atoms with E-state index in [1.807, 2.05) is 30.3 Å². The van der Waals surface area contributed by atoms with Gasteiger partial charge in [-0.1, -0.05) is 36.4 Å². The first-order valence-electron chi connectivity index (χ1n) is 6.96. The van der Waals surface area contributed by atoms with Gasteiger partial charge in [0, 0.05) is 13.6 Å². The van der Waals surface area contributed by atoms with E-state index in [9.17, 15) is 13.6 Å². The van der Waals surface area contributed by atoms with Gasteiger partial charge in [-0.2, -0.15) is 0 Å². The summed E-state index contributed by atoms with van der Waals surface area (Å²) in [6, 6.07) is 12.4. The van der Waals surface area contributed by atoms with Crippen LogP contribution in [0.3, 0.4) is 0 Å². The van der Waals surface area contributed by atoms with Crippen molar-refractivity contribution < 1.29 is 13.6 Å². The quantitative estimate of drug-likeness (QED) is 0.909. The van der Waals surface area contributed by atoms with E-state index in [-0.39, 0.29) is 24.9 Å². The molecular formula is C17H19ClF2N2O. The molecule has 0 heterocycles. The molecule has 2 N–H and O–H groups in total. The summed E-state index contributed by atoms with van der Waals surface area (Å²) >= 11 is 0. The molecule has 2 aromatic carbocycles. The van der Waals surface area contributed by atoms with Gasteiger partial charge in [-0.25, -0.2) is 8.78 Å². The normalized spacial score (nSPS) is 11.5. The van der Waals surface area contributed by atoms with Crippen LogP contribution in [-0.2, 0) is 17.8 Å². The van der Waals surface area contributed by atoms with Crippen molar-refractivity contribution in [2.75, 3.05) is 7.05 Å². The van der Waals surface area contributed by atoms with Gasteiger partial charge in [-0.3, -0.25) is 4.79 Å². The minimum Gasteiger partial charge on any atom is -0.340 e. The summed E-state index contributed by atoms with van der Waals surface area (Å²) < 4.78 is 26.1. The Bertz CT molecular complexity index is 652. The van der Waals surface area contributed by atoms with Gasteiger partial charge in [0.1, 0.15) is 0 Å². The second kappa shape index (κ2) is 8.60. The van der Waals surface area contributed by atoms with Gasteiger partial charge in [0.2, 0.25) is 5.91 Å². The van der Waals surface area contributed by atoms with Crippen molar-refractivity contribution in [3.8, 4) is 0 Å². The zero-order valence-corrected chi connectivity index (χ0v) is 13.5. The number of carbonyl (C=O) groups excluding carboxylic acids is 1. The van der Waals surface area contributed by atoms with Crippen molar-refractivity contribution in [3.05, 3.63) is 71.3 Å². The summed E-state index contributed by atoms with van der Waals surface area (Å²) in [5.74, 6) is -2.07. The maximum Gasteiger partial charge on any atom is 0.239 e. The smallest absolute Gasteiger partial charge is 0.239 e. The number of hydrogen-bond donors (Lipinski definition) is 1. The highest BCUT2D eigenvalue weighted by atomic mass is 35.5. The van der Waals surface area contributed by atoms with Crippen molar-refractivity contribution >= 4 is 18.3 Å². The maximum absolute atomic E-state index is 13.2. The van der Waals surface area contributed by atoms with E-state index in [0.717, 1.165) is 17.7 Å². The zero-order chi connectivity index (χ0) is 16.1. The molecule has 0 aliphatic carbocycles. The highest BCUT2D eigenvalue weighted by Gasteiger charge is 2.19. The van der Waals surface area contributed by atoms with Crippen LogP contribution in [0.15, 0.2) is 48.5 Å². The number of carbonyl (C=O) groups is 1. The maximum atomic E-state index is 13.2. The van der Waals surface area contributed by atoms with Crippen molar-refractivity contribution in [2.45, 2.75) is 19.0 Å². The molecule has 124 valence electrons. The summed E-state index contributed by atoms with van der Waals surface area (Å²) in [4.78, 5) is 13.7. The summed E-state index contributed by atoms with van der Waals surface area (Å²) in [7, 11) is 1.59. The molecule has 0 spiro atoms. The van der Waals surface area contributed by atoms with Crippen LogP contribution in [0.1, 0.15) is 11.1 Å². The van der Waals surface area contributed by atoms with Crippen LogP contribution >= 0.6 is 12.4 Å². The Morgan fingerprint density at radius 2 is 1.74 bits per heavy atom. The van der Waals surface area contributed by atoms with Crippen molar-refractivity contribution in [1.29, 1.82) is 0 Å². The van der Waals surface area contributed by atoms with Crippen molar-refractivity contribution in [2.24, 2.45) is 5.73 Å². The number of hydrogen-bond acceptors (Lipinski definition) is 2.